The number of urea groups is 1. The molecule has 0 radical (unpaired) electrons. The Hall–Kier alpha value is -2.18. The molecule has 0 spiro atoms. The number of anilines is 1. The first-order valence-corrected chi connectivity index (χ1v) is 4.56. The molecular formula is C9H12N4O3. The maximum Gasteiger partial charge on any atom is 0.318 e. The third kappa shape index (κ3) is 2.91. The van der Waals surface area contributed by atoms with E-state index in [0.29, 0.717) is 11.3 Å². The standard InChI is InChI=1S/C9H12N4O3/c1-4(14)3-6-5(2)11-9(12-7(6)15)13-8(10)16/h3H2,1-2H3,(H4,10,11,12,13,15,16). The summed E-state index contributed by atoms with van der Waals surface area (Å²) in [5.74, 6) is -0.159. The van der Waals surface area contributed by atoms with E-state index in [1.807, 2.05) is 0 Å². The Bertz CT molecular complexity index is 492. The van der Waals surface area contributed by atoms with Crippen LogP contribution in [0.25, 0.3) is 0 Å². The van der Waals surface area contributed by atoms with E-state index >= 15 is 0 Å². The van der Waals surface area contributed by atoms with E-state index < -0.39 is 11.6 Å². The van der Waals surface area contributed by atoms with E-state index in [2.05, 4.69) is 15.3 Å². The van der Waals surface area contributed by atoms with Gasteiger partial charge in [-0.25, -0.2) is 9.78 Å². The molecule has 0 unspecified atom stereocenters. The molecule has 0 saturated heterocycles. The second-order valence-corrected chi connectivity index (χ2v) is 3.35. The minimum absolute atomic E-state index is 0.0189. The van der Waals surface area contributed by atoms with Crippen LogP contribution >= 0.6 is 0 Å². The van der Waals surface area contributed by atoms with Crippen molar-refractivity contribution < 1.29 is 9.59 Å². The molecule has 0 aromatic carbocycles. The molecule has 0 aliphatic heterocycles. The summed E-state index contributed by atoms with van der Waals surface area (Å²) in [4.78, 5) is 39.2. The number of primary amides is 1. The number of hydrogen-bond acceptors (Lipinski definition) is 4. The lowest BCUT2D eigenvalue weighted by Gasteiger charge is -2.05. The highest BCUT2D eigenvalue weighted by atomic mass is 16.2. The highest BCUT2D eigenvalue weighted by molar-refractivity contribution is 5.85. The second-order valence-electron chi connectivity index (χ2n) is 3.35. The lowest BCUT2D eigenvalue weighted by Crippen LogP contribution is -2.26. The Balaban J connectivity index is 3.12. The van der Waals surface area contributed by atoms with Gasteiger partial charge in [0.05, 0.1) is 5.69 Å². The van der Waals surface area contributed by atoms with Crippen molar-refractivity contribution >= 4 is 17.8 Å². The van der Waals surface area contributed by atoms with E-state index in [0.717, 1.165) is 0 Å². The lowest BCUT2D eigenvalue weighted by atomic mass is 10.1. The summed E-state index contributed by atoms with van der Waals surface area (Å²) in [6.07, 6.45) is 0.0189. The summed E-state index contributed by atoms with van der Waals surface area (Å²) in [7, 11) is 0. The molecule has 1 rings (SSSR count). The van der Waals surface area contributed by atoms with Gasteiger partial charge in [-0.3, -0.25) is 19.9 Å². The van der Waals surface area contributed by atoms with Crippen LogP contribution in [0, 0.1) is 6.92 Å². The SMILES string of the molecule is CC(=O)Cc1c(C)nc(NC(N)=O)[nH]c1=O. The number of rotatable bonds is 3. The maximum absolute atomic E-state index is 11.5. The minimum Gasteiger partial charge on any atom is -0.351 e. The molecule has 0 atom stereocenters. The number of aryl methyl sites for hydroxylation is 1. The van der Waals surface area contributed by atoms with Crippen LogP contribution in [0.2, 0.25) is 0 Å². The molecular weight excluding hydrogens is 212 g/mol. The predicted octanol–water partition coefficient (Wildman–Crippen LogP) is -0.300. The zero-order valence-corrected chi connectivity index (χ0v) is 8.96. The van der Waals surface area contributed by atoms with Gasteiger partial charge >= 0.3 is 6.03 Å². The Kier molecular flexibility index (Phi) is 3.39. The average Bonchev–Trinajstić information content (AvgIpc) is 2.10. The number of Topliss-reactive ketones (excluding diaryl/α,β-unsaturated/α-hetero) is 1. The molecule has 1 aromatic heterocycles. The molecule has 7 heteroatoms. The highest BCUT2D eigenvalue weighted by Crippen LogP contribution is 2.03. The first-order chi connectivity index (χ1) is 7.40. The molecule has 4 N–H and O–H groups in total. The van der Waals surface area contributed by atoms with Crippen molar-refractivity contribution in [2.75, 3.05) is 5.32 Å². The van der Waals surface area contributed by atoms with Crippen LogP contribution in [0.4, 0.5) is 10.7 Å². The molecule has 0 fully saturated rings. The second kappa shape index (κ2) is 4.56. The van der Waals surface area contributed by atoms with Crippen LogP contribution in [0.15, 0.2) is 4.79 Å². The Morgan fingerprint density at radius 1 is 1.50 bits per heavy atom. The minimum atomic E-state index is -0.818. The summed E-state index contributed by atoms with van der Waals surface area (Å²) in [5, 5.41) is 2.15. The summed E-state index contributed by atoms with van der Waals surface area (Å²) in [6.45, 7) is 2.97. The first-order valence-electron chi connectivity index (χ1n) is 4.56. The van der Waals surface area contributed by atoms with Crippen LogP contribution in [0.5, 0.6) is 0 Å². The molecule has 86 valence electrons. The summed E-state index contributed by atoms with van der Waals surface area (Å²) >= 11 is 0. The number of carbonyl (C=O) groups is 2. The third-order valence-corrected chi connectivity index (χ3v) is 1.89. The molecule has 7 nitrogen and oxygen atoms in total. The topological polar surface area (TPSA) is 118 Å². The fourth-order valence-electron chi connectivity index (χ4n) is 1.24. The molecule has 0 saturated carbocycles. The maximum atomic E-state index is 11.5. The van der Waals surface area contributed by atoms with Gasteiger partial charge in [0.15, 0.2) is 0 Å². The molecule has 0 aliphatic carbocycles. The zero-order chi connectivity index (χ0) is 12.3. The van der Waals surface area contributed by atoms with E-state index in [-0.39, 0.29) is 18.2 Å². The third-order valence-electron chi connectivity index (χ3n) is 1.89. The van der Waals surface area contributed by atoms with Crippen LogP contribution in [0.1, 0.15) is 18.2 Å². The van der Waals surface area contributed by atoms with E-state index in [1.165, 1.54) is 6.92 Å². The number of nitrogens with two attached hydrogens (primary N) is 1. The number of ketones is 1. The van der Waals surface area contributed by atoms with E-state index in [1.54, 1.807) is 6.92 Å². The number of carbonyl (C=O) groups excluding carboxylic acids is 2. The van der Waals surface area contributed by atoms with Crippen molar-refractivity contribution in [1.29, 1.82) is 0 Å². The fourth-order valence-corrected chi connectivity index (χ4v) is 1.24. The zero-order valence-electron chi connectivity index (χ0n) is 8.96. The molecule has 0 aliphatic rings. The Morgan fingerprint density at radius 2 is 2.12 bits per heavy atom. The molecule has 0 bridgehead atoms. The van der Waals surface area contributed by atoms with Crippen molar-refractivity contribution in [3.63, 3.8) is 0 Å². The van der Waals surface area contributed by atoms with E-state index in [9.17, 15) is 14.4 Å². The number of amides is 2. The fraction of sp³-hybridized carbons (Fsp3) is 0.333. The van der Waals surface area contributed by atoms with E-state index in [4.69, 9.17) is 5.73 Å². The van der Waals surface area contributed by atoms with Gasteiger partial charge in [0.2, 0.25) is 5.95 Å². The lowest BCUT2D eigenvalue weighted by molar-refractivity contribution is -0.116. The summed E-state index contributed by atoms with van der Waals surface area (Å²) in [6, 6.07) is -0.818. The van der Waals surface area contributed by atoms with Crippen molar-refractivity contribution in [3.05, 3.63) is 21.6 Å². The van der Waals surface area contributed by atoms with Crippen LogP contribution < -0.4 is 16.6 Å². The summed E-state index contributed by atoms with van der Waals surface area (Å²) in [5.41, 5.74) is 5.11. The number of aromatic nitrogens is 2. The molecule has 2 amide bonds. The molecule has 16 heavy (non-hydrogen) atoms. The number of nitrogens with zero attached hydrogens (tertiary/aromatic N) is 1. The van der Waals surface area contributed by atoms with Crippen molar-refractivity contribution in [3.8, 4) is 0 Å². The van der Waals surface area contributed by atoms with Gasteiger partial charge in [-0.1, -0.05) is 0 Å². The Morgan fingerprint density at radius 3 is 2.56 bits per heavy atom. The van der Waals surface area contributed by atoms with Crippen molar-refractivity contribution in [1.82, 2.24) is 9.97 Å². The van der Waals surface area contributed by atoms with Gasteiger partial charge in [0, 0.05) is 12.0 Å². The average molecular weight is 224 g/mol. The van der Waals surface area contributed by atoms with Crippen LogP contribution in [-0.4, -0.2) is 21.8 Å². The predicted molar refractivity (Wildman–Crippen MR) is 57.2 cm³/mol. The smallest absolute Gasteiger partial charge is 0.318 e. The van der Waals surface area contributed by atoms with Crippen molar-refractivity contribution in [2.24, 2.45) is 5.73 Å². The van der Waals surface area contributed by atoms with Gasteiger partial charge < -0.3 is 5.73 Å². The normalized spacial score (nSPS) is 9.88. The van der Waals surface area contributed by atoms with Gasteiger partial charge in [-0.2, -0.15) is 0 Å². The van der Waals surface area contributed by atoms with Crippen LogP contribution in [0.3, 0.4) is 0 Å². The number of aromatic amines is 1. The monoisotopic (exact) mass is 224 g/mol. The highest BCUT2D eigenvalue weighted by Gasteiger charge is 2.10. The van der Waals surface area contributed by atoms with Gasteiger partial charge in [0.1, 0.15) is 5.78 Å². The van der Waals surface area contributed by atoms with Gasteiger partial charge in [-0.05, 0) is 13.8 Å². The molecule has 1 aromatic rings. The largest absolute Gasteiger partial charge is 0.351 e. The summed E-state index contributed by atoms with van der Waals surface area (Å²) < 4.78 is 0. The van der Waals surface area contributed by atoms with Crippen molar-refractivity contribution in [2.45, 2.75) is 20.3 Å². The van der Waals surface area contributed by atoms with Crippen LogP contribution in [-0.2, 0) is 11.2 Å². The number of H-pyrrole nitrogens is 1. The number of hydrogen-bond donors (Lipinski definition) is 3. The first kappa shape index (κ1) is 11.9. The van der Waals surface area contributed by atoms with Gasteiger partial charge in [-0.15, -0.1) is 0 Å². The Labute approximate surface area is 91.1 Å². The quantitative estimate of drug-likeness (QED) is 0.653. The number of nitrogens with one attached hydrogen (secondary N) is 2. The molecule has 1 heterocycles. The van der Waals surface area contributed by atoms with Gasteiger partial charge in [0.25, 0.3) is 5.56 Å².